The Kier molecular flexibility index (Phi) is 4.25. The Balaban J connectivity index is 2.46. The molecule has 1 aromatic heterocycles. The van der Waals surface area contributed by atoms with Crippen LogP contribution in [0.1, 0.15) is 15.3 Å². The lowest BCUT2D eigenvalue weighted by Crippen LogP contribution is -2.19. The summed E-state index contributed by atoms with van der Waals surface area (Å²) in [6, 6.07) is 2.02. The SMILES string of the molecule is Cc1cc(CNC(=O)C=CC(=O)O)sc1C. The summed E-state index contributed by atoms with van der Waals surface area (Å²) in [7, 11) is 0. The van der Waals surface area contributed by atoms with Crippen molar-refractivity contribution in [2.75, 3.05) is 0 Å². The Hall–Kier alpha value is -1.62. The zero-order valence-corrected chi connectivity index (χ0v) is 9.93. The first-order valence-corrected chi connectivity index (χ1v) is 5.55. The monoisotopic (exact) mass is 239 g/mol. The van der Waals surface area contributed by atoms with Crippen molar-refractivity contribution in [1.82, 2.24) is 5.32 Å². The van der Waals surface area contributed by atoms with E-state index >= 15 is 0 Å². The maximum atomic E-state index is 11.2. The van der Waals surface area contributed by atoms with E-state index in [0.717, 1.165) is 17.0 Å². The van der Waals surface area contributed by atoms with Gasteiger partial charge < -0.3 is 10.4 Å². The summed E-state index contributed by atoms with van der Waals surface area (Å²) in [6.45, 7) is 4.47. The minimum Gasteiger partial charge on any atom is -0.478 e. The van der Waals surface area contributed by atoms with E-state index in [4.69, 9.17) is 5.11 Å². The number of carboxylic acid groups (broad SMARTS) is 1. The fourth-order valence-electron chi connectivity index (χ4n) is 1.12. The normalized spacial score (nSPS) is 10.6. The number of carboxylic acids is 1. The van der Waals surface area contributed by atoms with Gasteiger partial charge in [-0.3, -0.25) is 4.79 Å². The highest BCUT2D eigenvalue weighted by molar-refractivity contribution is 7.12. The third-order valence-corrected chi connectivity index (χ3v) is 3.18. The quantitative estimate of drug-likeness (QED) is 0.785. The van der Waals surface area contributed by atoms with Gasteiger partial charge in [0.15, 0.2) is 0 Å². The second kappa shape index (κ2) is 5.46. The summed E-state index contributed by atoms with van der Waals surface area (Å²) in [5.41, 5.74) is 1.20. The van der Waals surface area contributed by atoms with Gasteiger partial charge >= 0.3 is 5.97 Å². The van der Waals surface area contributed by atoms with Crippen LogP contribution in [-0.4, -0.2) is 17.0 Å². The molecular weight excluding hydrogens is 226 g/mol. The number of rotatable bonds is 4. The van der Waals surface area contributed by atoms with E-state index < -0.39 is 11.9 Å². The van der Waals surface area contributed by atoms with Crippen LogP contribution in [0, 0.1) is 13.8 Å². The van der Waals surface area contributed by atoms with E-state index in [-0.39, 0.29) is 0 Å². The topological polar surface area (TPSA) is 66.4 Å². The molecule has 0 radical (unpaired) electrons. The van der Waals surface area contributed by atoms with Crippen LogP contribution in [-0.2, 0) is 16.1 Å². The number of thiophene rings is 1. The van der Waals surface area contributed by atoms with E-state index in [0.29, 0.717) is 6.54 Å². The molecule has 5 heteroatoms. The lowest BCUT2D eigenvalue weighted by Gasteiger charge is -1.97. The summed E-state index contributed by atoms with van der Waals surface area (Å²) in [5.74, 6) is -1.52. The second-order valence-corrected chi connectivity index (χ2v) is 4.68. The Bertz CT molecular complexity index is 415. The van der Waals surface area contributed by atoms with Crippen LogP contribution in [0.4, 0.5) is 0 Å². The molecule has 1 rings (SSSR count). The Morgan fingerprint density at radius 2 is 2.12 bits per heavy atom. The first-order valence-electron chi connectivity index (χ1n) is 4.74. The standard InChI is InChI=1S/C11H13NO3S/c1-7-5-9(16-8(7)2)6-12-10(13)3-4-11(14)15/h3-5H,6H2,1-2H3,(H,12,13)(H,14,15). The fraction of sp³-hybridized carbons (Fsp3) is 0.273. The van der Waals surface area contributed by atoms with Crippen molar-refractivity contribution in [2.24, 2.45) is 0 Å². The van der Waals surface area contributed by atoms with Gasteiger partial charge in [-0.15, -0.1) is 11.3 Å². The van der Waals surface area contributed by atoms with E-state index in [1.807, 2.05) is 19.9 Å². The summed E-state index contributed by atoms with van der Waals surface area (Å²) in [4.78, 5) is 23.6. The van der Waals surface area contributed by atoms with Gasteiger partial charge in [-0.05, 0) is 25.5 Å². The minimum absolute atomic E-state index is 0.397. The van der Waals surface area contributed by atoms with Crippen molar-refractivity contribution >= 4 is 23.2 Å². The van der Waals surface area contributed by atoms with Crippen molar-refractivity contribution in [3.05, 3.63) is 33.5 Å². The molecule has 0 aliphatic rings. The van der Waals surface area contributed by atoms with E-state index in [2.05, 4.69) is 5.32 Å². The van der Waals surface area contributed by atoms with E-state index in [9.17, 15) is 9.59 Å². The lowest BCUT2D eigenvalue weighted by atomic mass is 10.3. The highest BCUT2D eigenvalue weighted by atomic mass is 32.1. The number of amides is 1. The lowest BCUT2D eigenvalue weighted by molar-refractivity contribution is -0.131. The average Bonchev–Trinajstić information content (AvgIpc) is 2.52. The van der Waals surface area contributed by atoms with Crippen LogP contribution in [0.2, 0.25) is 0 Å². The molecule has 1 amide bonds. The van der Waals surface area contributed by atoms with E-state index in [1.54, 1.807) is 11.3 Å². The first kappa shape index (κ1) is 12.4. The number of aryl methyl sites for hydroxylation is 2. The molecule has 4 nitrogen and oxygen atoms in total. The van der Waals surface area contributed by atoms with Crippen molar-refractivity contribution in [3.63, 3.8) is 0 Å². The largest absolute Gasteiger partial charge is 0.478 e. The predicted molar refractivity (Wildman–Crippen MR) is 62.4 cm³/mol. The Morgan fingerprint density at radius 3 is 2.62 bits per heavy atom. The number of carbonyl (C=O) groups excluding carboxylic acids is 1. The van der Waals surface area contributed by atoms with Crippen molar-refractivity contribution in [1.29, 1.82) is 0 Å². The van der Waals surface area contributed by atoms with Gasteiger partial charge in [0.05, 0.1) is 6.54 Å². The fourth-order valence-corrected chi connectivity index (χ4v) is 2.11. The van der Waals surface area contributed by atoms with Gasteiger partial charge in [-0.1, -0.05) is 0 Å². The van der Waals surface area contributed by atoms with E-state index in [1.165, 1.54) is 10.4 Å². The van der Waals surface area contributed by atoms with Crippen molar-refractivity contribution in [2.45, 2.75) is 20.4 Å². The average molecular weight is 239 g/mol. The third kappa shape index (κ3) is 3.86. The number of carbonyl (C=O) groups is 2. The zero-order chi connectivity index (χ0) is 12.1. The number of nitrogens with one attached hydrogen (secondary N) is 1. The molecule has 0 aromatic carbocycles. The van der Waals surface area contributed by atoms with Crippen LogP contribution in [0.5, 0.6) is 0 Å². The molecule has 0 spiro atoms. The van der Waals surface area contributed by atoms with Crippen LogP contribution >= 0.6 is 11.3 Å². The van der Waals surface area contributed by atoms with Gasteiger partial charge in [0.25, 0.3) is 0 Å². The minimum atomic E-state index is -1.13. The predicted octanol–water partition coefficient (Wildman–Crippen LogP) is 1.62. The molecule has 0 saturated carbocycles. The highest BCUT2D eigenvalue weighted by Crippen LogP contribution is 2.20. The van der Waals surface area contributed by atoms with Crippen LogP contribution < -0.4 is 5.32 Å². The van der Waals surface area contributed by atoms with Gasteiger partial charge in [-0.25, -0.2) is 4.79 Å². The van der Waals surface area contributed by atoms with Crippen molar-refractivity contribution in [3.8, 4) is 0 Å². The molecule has 86 valence electrons. The molecule has 1 aromatic rings. The molecule has 0 bridgehead atoms. The maximum Gasteiger partial charge on any atom is 0.328 e. The molecule has 0 unspecified atom stereocenters. The summed E-state index contributed by atoms with van der Waals surface area (Å²) >= 11 is 1.63. The van der Waals surface area contributed by atoms with Gasteiger partial charge in [0.2, 0.25) is 5.91 Å². The second-order valence-electron chi connectivity index (χ2n) is 3.34. The molecule has 0 aliphatic heterocycles. The first-order chi connectivity index (χ1) is 7.49. The van der Waals surface area contributed by atoms with Crippen LogP contribution in [0.3, 0.4) is 0 Å². The molecule has 2 N–H and O–H groups in total. The molecule has 16 heavy (non-hydrogen) atoms. The smallest absolute Gasteiger partial charge is 0.328 e. The van der Waals surface area contributed by atoms with Gasteiger partial charge in [-0.2, -0.15) is 0 Å². The van der Waals surface area contributed by atoms with Crippen LogP contribution in [0.15, 0.2) is 18.2 Å². The zero-order valence-electron chi connectivity index (χ0n) is 9.11. The van der Waals surface area contributed by atoms with Crippen molar-refractivity contribution < 1.29 is 14.7 Å². The summed E-state index contributed by atoms with van der Waals surface area (Å²) < 4.78 is 0. The third-order valence-electron chi connectivity index (χ3n) is 2.03. The summed E-state index contributed by atoms with van der Waals surface area (Å²) in [6.07, 6.45) is 1.83. The molecule has 0 saturated heterocycles. The summed E-state index contributed by atoms with van der Waals surface area (Å²) in [5, 5.41) is 10.9. The molecule has 1 heterocycles. The Labute approximate surface area is 97.6 Å². The highest BCUT2D eigenvalue weighted by Gasteiger charge is 2.02. The molecule has 0 atom stereocenters. The molecular formula is C11H13NO3S. The maximum absolute atomic E-state index is 11.2. The number of hydrogen-bond donors (Lipinski definition) is 2. The number of aliphatic carboxylic acids is 1. The van der Waals surface area contributed by atoms with Gasteiger partial charge in [0, 0.05) is 21.9 Å². The van der Waals surface area contributed by atoms with Gasteiger partial charge in [0.1, 0.15) is 0 Å². The Morgan fingerprint density at radius 1 is 1.44 bits per heavy atom. The molecule has 0 fully saturated rings. The van der Waals surface area contributed by atoms with Crippen LogP contribution in [0.25, 0.3) is 0 Å². The number of hydrogen-bond acceptors (Lipinski definition) is 3. The molecule has 0 aliphatic carbocycles.